The van der Waals surface area contributed by atoms with Gasteiger partial charge in [-0.05, 0) is 18.4 Å². The normalized spacial score (nSPS) is 22.5. The van der Waals surface area contributed by atoms with Crippen LogP contribution in [-0.2, 0) is 9.47 Å². The summed E-state index contributed by atoms with van der Waals surface area (Å²) in [4.78, 5) is 0. The molecule has 0 aromatic carbocycles. The zero-order valence-electron chi connectivity index (χ0n) is 7.52. The van der Waals surface area contributed by atoms with Crippen molar-refractivity contribution in [3.8, 4) is 0 Å². The average Bonchev–Trinajstić information content (AvgIpc) is 2.35. The average molecular weight is 156 g/mol. The predicted octanol–water partition coefficient (Wildman–Crippen LogP) is 1.96. The standard InChI is InChI=1S/C9H16O2/c1-7(2)8(3)9(4)10-5-6-11-9/h7H,3,5-6H2,1-2,4H3. The van der Waals surface area contributed by atoms with E-state index in [-0.39, 0.29) is 0 Å². The fourth-order valence-electron chi connectivity index (χ4n) is 1.22. The maximum Gasteiger partial charge on any atom is 0.188 e. The Morgan fingerprint density at radius 2 is 1.82 bits per heavy atom. The van der Waals surface area contributed by atoms with E-state index >= 15 is 0 Å². The maximum absolute atomic E-state index is 5.44. The molecule has 0 radical (unpaired) electrons. The molecule has 0 saturated carbocycles. The molecule has 1 aliphatic rings. The first kappa shape index (κ1) is 8.75. The Hall–Kier alpha value is -0.340. The number of hydrogen-bond acceptors (Lipinski definition) is 2. The van der Waals surface area contributed by atoms with E-state index in [1.54, 1.807) is 0 Å². The number of rotatable bonds is 2. The molecule has 2 heteroatoms. The largest absolute Gasteiger partial charge is 0.344 e. The molecule has 1 rings (SSSR count). The SMILES string of the molecule is C=C(C(C)C)C1(C)OCCO1. The van der Waals surface area contributed by atoms with Gasteiger partial charge in [-0.25, -0.2) is 0 Å². The van der Waals surface area contributed by atoms with Gasteiger partial charge in [0.2, 0.25) is 0 Å². The summed E-state index contributed by atoms with van der Waals surface area (Å²) in [5, 5.41) is 0. The zero-order chi connectivity index (χ0) is 8.48. The monoisotopic (exact) mass is 156 g/mol. The Morgan fingerprint density at radius 1 is 1.36 bits per heavy atom. The van der Waals surface area contributed by atoms with E-state index in [1.807, 2.05) is 6.92 Å². The molecule has 1 aliphatic heterocycles. The van der Waals surface area contributed by atoms with Gasteiger partial charge < -0.3 is 9.47 Å². The first-order valence-corrected chi connectivity index (χ1v) is 4.03. The zero-order valence-corrected chi connectivity index (χ0v) is 7.52. The maximum atomic E-state index is 5.44. The minimum atomic E-state index is -0.520. The summed E-state index contributed by atoms with van der Waals surface area (Å²) in [6.45, 7) is 11.4. The molecule has 0 atom stereocenters. The van der Waals surface area contributed by atoms with E-state index in [0.29, 0.717) is 19.1 Å². The highest BCUT2D eigenvalue weighted by Crippen LogP contribution is 2.30. The van der Waals surface area contributed by atoms with E-state index in [1.165, 1.54) is 0 Å². The lowest BCUT2D eigenvalue weighted by Crippen LogP contribution is -2.30. The summed E-state index contributed by atoms with van der Waals surface area (Å²) in [5.74, 6) is -0.105. The molecular formula is C9H16O2. The van der Waals surface area contributed by atoms with Crippen LogP contribution in [0.2, 0.25) is 0 Å². The first-order chi connectivity index (χ1) is 5.06. The van der Waals surface area contributed by atoms with Gasteiger partial charge in [0.1, 0.15) is 0 Å². The topological polar surface area (TPSA) is 18.5 Å². The summed E-state index contributed by atoms with van der Waals surface area (Å²) in [6.07, 6.45) is 0. The Labute approximate surface area is 68.2 Å². The molecule has 0 aromatic heterocycles. The summed E-state index contributed by atoms with van der Waals surface area (Å²) < 4.78 is 10.9. The Bertz CT molecular complexity index is 155. The molecule has 1 saturated heterocycles. The molecule has 0 unspecified atom stereocenters. The third-order valence-corrected chi connectivity index (χ3v) is 2.12. The van der Waals surface area contributed by atoms with Gasteiger partial charge in [-0.1, -0.05) is 20.4 Å². The van der Waals surface area contributed by atoms with Gasteiger partial charge in [-0.2, -0.15) is 0 Å². The smallest absolute Gasteiger partial charge is 0.188 e. The van der Waals surface area contributed by atoms with Crippen molar-refractivity contribution >= 4 is 0 Å². The lowest BCUT2D eigenvalue weighted by Gasteiger charge is -2.27. The van der Waals surface area contributed by atoms with Gasteiger partial charge in [-0.15, -0.1) is 0 Å². The minimum absolute atomic E-state index is 0.415. The Morgan fingerprint density at radius 3 is 2.18 bits per heavy atom. The molecule has 1 fully saturated rings. The van der Waals surface area contributed by atoms with Crippen molar-refractivity contribution in [3.05, 3.63) is 12.2 Å². The second-order valence-corrected chi connectivity index (χ2v) is 3.32. The van der Waals surface area contributed by atoms with Gasteiger partial charge in [-0.3, -0.25) is 0 Å². The van der Waals surface area contributed by atoms with Crippen molar-refractivity contribution in [2.45, 2.75) is 26.6 Å². The van der Waals surface area contributed by atoms with Crippen LogP contribution in [0.1, 0.15) is 20.8 Å². The van der Waals surface area contributed by atoms with Crippen LogP contribution < -0.4 is 0 Å². The van der Waals surface area contributed by atoms with Gasteiger partial charge in [0.25, 0.3) is 0 Å². The fourth-order valence-corrected chi connectivity index (χ4v) is 1.22. The fraction of sp³-hybridized carbons (Fsp3) is 0.778. The molecule has 0 aliphatic carbocycles. The number of hydrogen-bond donors (Lipinski definition) is 0. The van der Waals surface area contributed by atoms with Gasteiger partial charge in [0.15, 0.2) is 5.79 Å². The highest BCUT2D eigenvalue weighted by atomic mass is 16.7. The lowest BCUT2D eigenvalue weighted by molar-refractivity contribution is -0.114. The molecule has 1 heterocycles. The summed E-state index contributed by atoms with van der Waals surface area (Å²) in [6, 6.07) is 0. The van der Waals surface area contributed by atoms with Gasteiger partial charge in [0, 0.05) is 0 Å². The van der Waals surface area contributed by atoms with Gasteiger partial charge >= 0.3 is 0 Å². The third-order valence-electron chi connectivity index (χ3n) is 2.12. The molecule has 0 aromatic rings. The second-order valence-electron chi connectivity index (χ2n) is 3.32. The van der Waals surface area contributed by atoms with Crippen molar-refractivity contribution in [2.24, 2.45) is 5.92 Å². The van der Waals surface area contributed by atoms with Crippen LogP contribution in [0.3, 0.4) is 0 Å². The van der Waals surface area contributed by atoms with Crippen molar-refractivity contribution in [1.29, 1.82) is 0 Å². The molecular weight excluding hydrogens is 140 g/mol. The van der Waals surface area contributed by atoms with Crippen LogP contribution in [0.5, 0.6) is 0 Å². The second kappa shape index (κ2) is 2.95. The summed E-state index contributed by atoms with van der Waals surface area (Å²) in [7, 11) is 0. The van der Waals surface area contributed by atoms with Crippen LogP contribution in [0.25, 0.3) is 0 Å². The molecule has 2 nitrogen and oxygen atoms in total. The minimum Gasteiger partial charge on any atom is -0.344 e. The molecule has 0 bridgehead atoms. The summed E-state index contributed by atoms with van der Waals surface area (Å²) >= 11 is 0. The van der Waals surface area contributed by atoms with E-state index in [2.05, 4.69) is 20.4 Å². The van der Waals surface area contributed by atoms with Crippen LogP contribution >= 0.6 is 0 Å². The molecule has 0 N–H and O–H groups in total. The lowest BCUT2D eigenvalue weighted by atomic mass is 9.98. The highest BCUT2D eigenvalue weighted by molar-refractivity contribution is 5.10. The number of ether oxygens (including phenoxy) is 2. The van der Waals surface area contributed by atoms with Crippen LogP contribution in [-0.4, -0.2) is 19.0 Å². The molecule has 11 heavy (non-hydrogen) atoms. The van der Waals surface area contributed by atoms with Crippen LogP contribution in [0, 0.1) is 5.92 Å². The van der Waals surface area contributed by atoms with Crippen molar-refractivity contribution in [1.82, 2.24) is 0 Å². The predicted molar refractivity (Wildman–Crippen MR) is 44.3 cm³/mol. The van der Waals surface area contributed by atoms with Crippen LogP contribution in [0.15, 0.2) is 12.2 Å². The van der Waals surface area contributed by atoms with E-state index in [9.17, 15) is 0 Å². The molecule has 0 spiro atoms. The highest BCUT2D eigenvalue weighted by Gasteiger charge is 2.34. The van der Waals surface area contributed by atoms with Crippen molar-refractivity contribution in [2.75, 3.05) is 13.2 Å². The Balaban J connectivity index is 2.64. The van der Waals surface area contributed by atoms with E-state index in [0.717, 1.165) is 5.57 Å². The van der Waals surface area contributed by atoms with Gasteiger partial charge in [0.05, 0.1) is 13.2 Å². The van der Waals surface area contributed by atoms with Crippen molar-refractivity contribution < 1.29 is 9.47 Å². The Kier molecular flexibility index (Phi) is 2.35. The van der Waals surface area contributed by atoms with Crippen molar-refractivity contribution in [3.63, 3.8) is 0 Å². The summed E-state index contributed by atoms with van der Waals surface area (Å²) in [5.41, 5.74) is 1.02. The first-order valence-electron chi connectivity index (χ1n) is 4.03. The molecule has 64 valence electrons. The van der Waals surface area contributed by atoms with E-state index < -0.39 is 5.79 Å². The molecule has 0 amide bonds. The third kappa shape index (κ3) is 1.63. The quantitative estimate of drug-likeness (QED) is 0.569. The van der Waals surface area contributed by atoms with E-state index in [4.69, 9.17) is 9.47 Å². The van der Waals surface area contributed by atoms with Crippen LogP contribution in [0.4, 0.5) is 0 Å².